The van der Waals surface area contributed by atoms with Crippen molar-refractivity contribution in [1.82, 2.24) is 5.32 Å². The third kappa shape index (κ3) is 41.6. The lowest BCUT2D eigenvalue weighted by atomic mass is 10.00. The molecule has 0 rings (SSSR count). The second-order valence-electron chi connectivity index (χ2n) is 17.8. The fourth-order valence-electron chi connectivity index (χ4n) is 7.97. The van der Waals surface area contributed by atoms with Crippen molar-refractivity contribution >= 4 is 5.91 Å². The average Bonchev–Trinajstić information content (AvgIpc) is 3.24. The van der Waals surface area contributed by atoms with Crippen LogP contribution in [0.15, 0.2) is 36.5 Å². The molecule has 6 heteroatoms. The minimum Gasteiger partial charge on any atom is -0.394 e. The Labute approximate surface area is 367 Å². The van der Waals surface area contributed by atoms with Gasteiger partial charge in [0.15, 0.2) is 0 Å². The first-order chi connectivity index (χ1) is 29.0. The highest BCUT2D eigenvalue weighted by Gasteiger charge is 2.28. The Morgan fingerprint density at radius 3 is 1.07 bits per heavy atom. The highest BCUT2D eigenvalue weighted by atomic mass is 16.3. The molecule has 348 valence electrons. The Balaban J connectivity index is 3.74. The smallest absolute Gasteiger partial charge is 0.249 e. The monoisotopic (exact) mass is 832 g/mol. The molecule has 0 aromatic carbocycles. The maximum absolute atomic E-state index is 12.6. The highest BCUT2D eigenvalue weighted by molar-refractivity contribution is 5.80. The number of carbonyl (C=O) groups excluding carboxylic acids is 1. The molecule has 4 atom stereocenters. The van der Waals surface area contributed by atoms with Crippen molar-refractivity contribution in [2.45, 2.75) is 289 Å². The van der Waals surface area contributed by atoms with Crippen LogP contribution in [0.1, 0.15) is 264 Å². The van der Waals surface area contributed by atoms with Gasteiger partial charge in [-0.2, -0.15) is 0 Å². The van der Waals surface area contributed by atoms with E-state index < -0.39 is 36.9 Å². The van der Waals surface area contributed by atoms with Gasteiger partial charge in [-0.25, -0.2) is 0 Å². The van der Waals surface area contributed by atoms with Crippen molar-refractivity contribution in [1.29, 1.82) is 0 Å². The fourth-order valence-corrected chi connectivity index (χ4v) is 7.97. The summed E-state index contributed by atoms with van der Waals surface area (Å²) in [5, 5.41) is 43.8. The van der Waals surface area contributed by atoms with Gasteiger partial charge in [0.2, 0.25) is 5.91 Å². The van der Waals surface area contributed by atoms with E-state index in [1.165, 1.54) is 180 Å². The third-order valence-corrected chi connectivity index (χ3v) is 12.1. The Hall–Kier alpha value is -1.47. The maximum atomic E-state index is 12.6. The molecule has 4 unspecified atom stereocenters. The molecular formula is C53H101NO5. The van der Waals surface area contributed by atoms with E-state index in [0.29, 0.717) is 19.3 Å². The molecule has 0 saturated heterocycles. The van der Waals surface area contributed by atoms with Gasteiger partial charge in [0.25, 0.3) is 0 Å². The predicted molar refractivity (Wildman–Crippen MR) is 256 cm³/mol. The quantitative estimate of drug-likeness (QED) is 0.0310. The predicted octanol–water partition coefficient (Wildman–Crippen LogP) is 14.5. The number of rotatable bonds is 47. The number of allylic oxidation sites excluding steroid dienone is 6. The summed E-state index contributed by atoms with van der Waals surface area (Å²) in [7, 11) is 0. The van der Waals surface area contributed by atoms with Crippen LogP contribution in [0.5, 0.6) is 0 Å². The molecule has 0 radical (unpaired) electrons. The van der Waals surface area contributed by atoms with Gasteiger partial charge in [-0.15, -0.1) is 0 Å². The number of hydrogen-bond donors (Lipinski definition) is 5. The summed E-state index contributed by atoms with van der Waals surface area (Å²) in [5.41, 5.74) is 0. The number of aliphatic hydroxyl groups excluding tert-OH is 4. The maximum Gasteiger partial charge on any atom is 0.249 e. The number of nitrogens with one attached hydrogen (secondary N) is 1. The first kappa shape index (κ1) is 57.5. The topological polar surface area (TPSA) is 110 Å². The van der Waals surface area contributed by atoms with Crippen LogP contribution in [-0.2, 0) is 4.79 Å². The second kappa shape index (κ2) is 47.6. The Bertz CT molecular complexity index is 935. The molecule has 6 nitrogen and oxygen atoms in total. The molecule has 0 aromatic heterocycles. The molecule has 59 heavy (non-hydrogen) atoms. The van der Waals surface area contributed by atoms with E-state index in [1.807, 2.05) is 0 Å². The SMILES string of the molecule is CCCCCCCCCCCC/C=C/CC/C=C/CC/C=C/CCCC(O)C(O)C(CO)NC(=O)C(O)CCCCCCCCCCCCCCCCCCCCCC. The Morgan fingerprint density at radius 2 is 0.712 bits per heavy atom. The molecule has 0 aromatic rings. The molecule has 0 aliphatic rings. The van der Waals surface area contributed by atoms with Crippen molar-refractivity contribution in [2.75, 3.05) is 6.61 Å². The summed E-state index contributed by atoms with van der Waals surface area (Å²) in [4.78, 5) is 12.6. The largest absolute Gasteiger partial charge is 0.394 e. The van der Waals surface area contributed by atoms with Gasteiger partial charge in [0.05, 0.1) is 18.8 Å². The number of hydrogen-bond acceptors (Lipinski definition) is 5. The second-order valence-corrected chi connectivity index (χ2v) is 17.8. The number of carbonyl (C=O) groups is 1. The molecule has 5 N–H and O–H groups in total. The fraction of sp³-hybridized carbons (Fsp3) is 0.868. The standard InChI is InChI=1S/C53H101NO5/c1-3-5-7-9-11-13-15-17-19-21-23-25-26-27-29-30-32-34-36-38-40-42-44-46-50(56)52(58)49(48-55)54-53(59)51(57)47-45-43-41-39-37-35-33-31-28-24-22-20-18-16-14-12-10-8-6-4-2/h25-26,30,32,38,40,49-52,55-58H,3-24,27-29,31,33-37,39,41-48H2,1-2H3,(H,54,59)/b26-25+,32-30+,40-38+. The van der Waals surface area contributed by atoms with Crippen LogP contribution in [-0.4, -0.2) is 57.3 Å². The van der Waals surface area contributed by atoms with Crippen molar-refractivity contribution in [3.05, 3.63) is 36.5 Å². The van der Waals surface area contributed by atoms with Crippen LogP contribution >= 0.6 is 0 Å². The first-order valence-corrected chi connectivity index (χ1v) is 25.9. The molecule has 1 amide bonds. The van der Waals surface area contributed by atoms with E-state index in [2.05, 4.69) is 55.6 Å². The van der Waals surface area contributed by atoms with E-state index in [-0.39, 0.29) is 0 Å². The van der Waals surface area contributed by atoms with Crippen LogP contribution < -0.4 is 5.32 Å². The minimum atomic E-state index is -1.29. The van der Waals surface area contributed by atoms with E-state index in [1.54, 1.807) is 0 Å². The molecule has 0 heterocycles. The van der Waals surface area contributed by atoms with Gasteiger partial charge in [0.1, 0.15) is 12.2 Å². The zero-order valence-electron chi connectivity index (χ0n) is 39.3. The van der Waals surface area contributed by atoms with Crippen LogP contribution in [0.4, 0.5) is 0 Å². The summed E-state index contributed by atoms with van der Waals surface area (Å²) in [5.74, 6) is -0.596. The van der Waals surface area contributed by atoms with Crippen LogP contribution in [0, 0.1) is 0 Å². The van der Waals surface area contributed by atoms with Gasteiger partial charge >= 0.3 is 0 Å². The van der Waals surface area contributed by atoms with Crippen molar-refractivity contribution in [2.24, 2.45) is 0 Å². The van der Waals surface area contributed by atoms with E-state index in [4.69, 9.17) is 0 Å². The van der Waals surface area contributed by atoms with E-state index >= 15 is 0 Å². The Morgan fingerprint density at radius 1 is 0.407 bits per heavy atom. The van der Waals surface area contributed by atoms with E-state index in [9.17, 15) is 25.2 Å². The van der Waals surface area contributed by atoms with E-state index in [0.717, 1.165) is 51.4 Å². The summed E-state index contributed by atoms with van der Waals surface area (Å²) < 4.78 is 0. The lowest BCUT2D eigenvalue weighted by Crippen LogP contribution is -2.53. The van der Waals surface area contributed by atoms with Gasteiger partial charge in [-0.05, 0) is 64.2 Å². The lowest BCUT2D eigenvalue weighted by Gasteiger charge is -2.27. The molecule has 0 spiro atoms. The van der Waals surface area contributed by atoms with Crippen molar-refractivity contribution in [3.8, 4) is 0 Å². The van der Waals surface area contributed by atoms with Gasteiger partial charge in [-0.3, -0.25) is 4.79 Å². The Kier molecular flexibility index (Phi) is 46.4. The normalized spacial score (nSPS) is 14.2. The highest BCUT2D eigenvalue weighted by Crippen LogP contribution is 2.17. The lowest BCUT2D eigenvalue weighted by molar-refractivity contribution is -0.132. The molecule has 0 fully saturated rings. The van der Waals surface area contributed by atoms with Crippen LogP contribution in [0.2, 0.25) is 0 Å². The summed E-state index contributed by atoms with van der Waals surface area (Å²) in [6.07, 6.45) is 57.6. The van der Waals surface area contributed by atoms with Crippen LogP contribution in [0.25, 0.3) is 0 Å². The average molecular weight is 832 g/mol. The zero-order valence-corrected chi connectivity index (χ0v) is 39.3. The van der Waals surface area contributed by atoms with Gasteiger partial charge < -0.3 is 25.7 Å². The van der Waals surface area contributed by atoms with Gasteiger partial charge in [-0.1, -0.05) is 237 Å². The first-order valence-electron chi connectivity index (χ1n) is 25.9. The summed E-state index contributed by atoms with van der Waals surface area (Å²) in [6.45, 7) is 4.06. The minimum absolute atomic E-state index is 0.362. The molecule has 0 saturated carbocycles. The van der Waals surface area contributed by atoms with Crippen LogP contribution in [0.3, 0.4) is 0 Å². The molecular weight excluding hydrogens is 731 g/mol. The number of unbranched alkanes of at least 4 members (excludes halogenated alkanes) is 32. The number of aliphatic hydroxyl groups is 4. The van der Waals surface area contributed by atoms with Crippen molar-refractivity contribution in [3.63, 3.8) is 0 Å². The molecule has 0 aliphatic heterocycles. The molecule has 0 aliphatic carbocycles. The molecule has 0 bridgehead atoms. The van der Waals surface area contributed by atoms with Gasteiger partial charge in [0, 0.05) is 0 Å². The zero-order chi connectivity index (χ0) is 43.1. The third-order valence-electron chi connectivity index (χ3n) is 12.1. The summed E-state index contributed by atoms with van der Waals surface area (Å²) in [6, 6.07) is -1.01. The number of amides is 1. The summed E-state index contributed by atoms with van der Waals surface area (Å²) >= 11 is 0. The van der Waals surface area contributed by atoms with Crippen molar-refractivity contribution < 1.29 is 25.2 Å².